The number of aliphatic carboxylic acids is 6. The lowest BCUT2D eigenvalue weighted by molar-refractivity contribution is -0.144. The largest absolute Gasteiger partial charge is 0.481 e. The summed E-state index contributed by atoms with van der Waals surface area (Å²) < 4.78 is 5.40. The van der Waals surface area contributed by atoms with Gasteiger partial charge in [0.15, 0.2) is 0 Å². The first-order valence-corrected chi connectivity index (χ1v) is 45.4. The van der Waals surface area contributed by atoms with Gasteiger partial charge >= 0.3 is 41.8 Å². The van der Waals surface area contributed by atoms with Gasteiger partial charge in [0.25, 0.3) is 0 Å². The van der Waals surface area contributed by atoms with Gasteiger partial charge in [-0.25, -0.2) is 0 Å². The summed E-state index contributed by atoms with van der Waals surface area (Å²) in [5.74, 6) is -3.96. The normalized spacial score (nSPS) is 10.4. The molecule has 14 nitrogen and oxygen atoms in total. The number of carbonyl (C=O) groups excluding carboxylic acids is 1. The van der Waals surface area contributed by atoms with E-state index in [1.54, 1.807) is 0 Å². The van der Waals surface area contributed by atoms with E-state index in [2.05, 4.69) is 55.4 Å². The molecule has 14 heteroatoms. The smallest absolute Gasteiger partial charge is 0.305 e. The van der Waals surface area contributed by atoms with Crippen LogP contribution in [0.1, 0.15) is 537 Å². The number of esters is 1. The third-order valence-electron chi connectivity index (χ3n) is 19.0. The van der Waals surface area contributed by atoms with Crippen molar-refractivity contribution in [2.24, 2.45) is 0 Å². The average molecular weight is 1500 g/mol. The molecule has 630 valence electrons. The third kappa shape index (κ3) is 147. The summed E-state index contributed by atoms with van der Waals surface area (Å²) in [5, 5.41) is 50.1. The summed E-state index contributed by atoms with van der Waals surface area (Å²) in [5.41, 5.74) is 0. The number of carboxylic acid groups (broad SMARTS) is 6. The maximum absolute atomic E-state index is 11.8. The first-order chi connectivity index (χ1) is 50.9. The van der Waals surface area contributed by atoms with Gasteiger partial charge in [0.1, 0.15) is 0 Å². The van der Waals surface area contributed by atoms with Crippen molar-refractivity contribution in [1.82, 2.24) is 0 Å². The van der Waals surface area contributed by atoms with Gasteiger partial charge in [0, 0.05) is 44.9 Å². The lowest BCUT2D eigenvalue weighted by Gasteiger charge is -2.06. The molecule has 0 aromatic heterocycles. The van der Waals surface area contributed by atoms with Crippen molar-refractivity contribution in [3.05, 3.63) is 0 Å². The fourth-order valence-corrected chi connectivity index (χ4v) is 12.1. The highest BCUT2D eigenvalue weighted by atomic mass is 16.5. The first kappa shape index (κ1) is 115. The molecule has 6 N–H and O–H groups in total. The van der Waals surface area contributed by atoms with E-state index in [4.69, 9.17) is 35.4 Å². The molecule has 0 aromatic carbocycles. The number of carbonyl (C=O) groups is 7. The van der Waals surface area contributed by atoms with Crippen LogP contribution in [-0.2, 0) is 38.3 Å². The SMILES string of the molecule is CCCCCCCCCC(=O)O.CCCCCCCCCC(=O)O.CCCCCCCCCC(=O)O.CCCCCCCCCC(=O)O.CCCCCCCCCC(=O)O.CCCCCCCCCC(=O)O.CCCCCCCCCCCCCCCCCC(=O)OCCCCCCCCCCCCC. The van der Waals surface area contributed by atoms with Crippen LogP contribution in [0.5, 0.6) is 0 Å². The van der Waals surface area contributed by atoms with Gasteiger partial charge in [0.2, 0.25) is 0 Å². The Morgan fingerprint density at radius 3 is 0.381 bits per heavy atom. The van der Waals surface area contributed by atoms with Gasteiger partial charge < -0.3 is 35.4 Å². The van der Waals surface area contributed by atoms with Gasteiger partial charge in [-0.15, -0.1) is 0 Å². The molecule has 0 saturated heterocycles. The molecule has 0 radical (unpaired) electrons. The molecule has 105 heavy (non-hydrogen) atoms. The van der Waals surface area contributed by atoms with Crippen molar-refractivity contribution >= 4 is 41.8 Å². The number of unbranched alkanes of at least 4 members (excludes halogenated alkanes) is 60. The molecule has 0 aliphatic heterocycles. The van der Waals surface area contributed by atoms with Crippen molar-refractivity contribution in [1.29, 1.82) is 0 Å². The molecule has 0 aliphatic rings. The number of hydrogen-bond donors (Lipinski definition) is 6. The van der Waals surface area contributed by atoms with Gasteiger partial charge in [0.05, 0.1) is 6.61 Å². The zero-order valence-corrected chi connectivity index (χ0v) is 71.2. The molecule has 0 aliphatic carbocycles. The molecule has 0 fully saturated rings. The quantitative estimate of drug-likeness (QED) is 0.0245. The van der Waals surface area contributed by atoms with Gasteiger partial charge in [-0.05, 0) is 51.4 Å². The predicted molar refractivity (Wildman–Crippen MR) is 448 cm³/mol. The summed E-state index contributed by atoms with van der Waals surface area (Å²) >= 11 is 0. The van der Waals surface area contributed by atoms with Crippen LogP contribution in [-0.4, -0.2) is 79.0 Å². The van der Waals surface area contributed by atoms with E-state index in [9.17, 15) is 33.6 Å². The number of hydrogen-bond acceptors (Lipinski definition) is 8. The summed E-state index contributed by atoms with van der Waals surface area (Å²) in [6, 6.07) is 0. The van der Waals surface area contributed by atoms with Crippen LogP contribution in [0.15, 0.2) is 0 Å². The molecular weight excluding hydrogens is 1320 g/mol. The Bertz CT molecular complexity index is 1460. The van der Waals surface area contributed by atoms with Crippen LogP contribution in [0.25, 0.3) is 0 Å². The van der Waals surface area contributed by atoms with Crippen LogP contribution in [0.4, 0.5) is 0 Å². The van der Waals surface area contributed by atoms with Crippen molar-refractivity contribution < 1.29 is 68.9 Å². The highest BCUT2D eigenvalue weighted by Crippen LogP contribution is 2.18. The molecule has 0 unspecified atom stereocenters. The minimum atomic E-state index is -0.663. The van der Waals surface area contributed by atoms with Crippen LogP contribution in [0.2, 0.25) is 0 Å². The molecule has 0 heterocycles. The van der Waals surface area contributed by atoms with E-state index in [1.165, 1.54) is 347 Å². The van der Waals surface area contributed by atoms with Crippen molar-refractivity contribution in [2.45, 2.75) is 537 Å². The second-order valence-corrected chi connectivity index (χ2v) is 30.0. The van der Waals surface area contributed by atoms with E-state index in [0.717, 1.165) is 89.9 Å². The van der Waals surface area contributed by atoms with Crippen LogP contribution in [0, 0.1) is 0 Å². The van der Waals surface area contributed by atoms with Crippen molar-refractivity contribution in [3.63, 3.8) is 0 Å². The molecule has 0 atom stereocenters. The molecular formula is C91H182O14. The van der Waals surface area contributed by atoms with E-state index < -0.39 is 35.8 Å². The topological polar surface area (TPSA) is 250 Å². The van der Waals surface area contributed by atoms with Crippen molar-refractivity contribution in [3.8, 4) is 0 Å². The molecule has 0 bridgehead atoms. The lowest BCUT2D eigenvalue weighted by Crippen LogP contribution is -2.05. The summed E-state index contributed by atoms with van der Waals surface area (Å²) in [6.45, 7) is 18.4. The summed E-state index contributed by atoms with van der Waals surface area (Å²) in [4.78, 5) is 72.6. The molecule has 0 rings (SSSR count). The van der Waals surface area contributed by atoms with Crippen LogP contribution >= 0.6 is 0 Å². The first-order valence-electron chi connectivity index (χ1n) is 45.4. The predicted octanol–water partition coefficient (Wildman–Crippen LogP) is 30.4. The number of rotatable bonds is 76. The van der Waals surface area contributed by atoms with Crippen molar-refractivity contribution in [2.75, 3.05) is 6.61 Å². The highest BCUT2D eigenvalue weighted by molar-refractivity contribution is 5.69. The van der Waals surface area contributed by atoms with E-state index in [-0.39, 0.29) is 5.97 Å². The van der Waals surface area contributed by atoms with Gasteiger partial charge in [-0.1, -0.05) is 441 Å². The zero-order chi connectivity index (χ0) is 79.5. The van der Waals surface area contributed by atoms with Crippen LogP contribution < -0.4 is 0 Å². The van der Waals surface area contributed by atoms with E-state index in [1.807, 2.05) is 0 Å². The van der Waals surface area contributed by atoms with Gasteiger partial charge in [-0.2, -0.15) is 0 Å². The monoisotopic (exact) mass is 1500 g/mol. The Hall–Kier alpha value is -3.71. The Labute approximate surface area is 651 Å². The number of carboxylic acids is 6. The lowest BCUT2D eigenvalue weighted by atomic mass is 10.0. The third-order valence-corrected chi connectivity index (χ3v) is 19.0. The van der Waals surface area contributed by atoms with E-state index in [0.29, 0.717) is 51.6 Å². The second kappa shape index (κ2) is 111. The molecule has 0 amide bonds. The summed E-state index contributed by atoms with van der Waals surface area (Å²) in [6.07, 6.45) is 87.6. The highest BCUT2D eigenvalue weighted by Gasteiger charge is 2.05. The minimum absolute atomic E-state index is 0.0248. The Kier molecular flexibility index (Phi) is 121. The molecule has 0 aromatic rings. The second-order valence-electron chi connectivity index (χ2n) is 30.0. The fourth-order valence-electron chi connectivity index (χ4n) is 12.1. The van der Waals surface area contributed by atoms with Crippen LogP contribution in [0.3, 0.4) is 0 Å². The summed E-state index contributed by atoms with van der Waals surface area (Å²) in [7, 11) is 0. The number of ether oxygens (including phenoxy) is 1. The Balaban J connectivity index is -0.000000226. The molecule has 0 spiro atoms. The minimum Gasteiger partial charge on any atom is -0.481 e. The average Bonchev–Trinajstić information content (AvgIpc) is 3.83. The zero-order valence-electron chi connectivity index (χ0n) is 71.2. The molecule has 0 saturated carbocycles. The van der Waals surface area contributed by atoms with Gasteiger partial charge in [-0.3, -0.25) is 33.6 Å². The van der Waals surface area contributed by atoms with E-state index >= 15 is 0 Å². The maximum Gasteiger partial charge on any atom is 0.305 e. The standard InChI is InChI=1S/C31H62O2.6C10H20O2/c1-3-5-7-9-11-13-15-16-17-18-19-21-23-25-27-29-31(32)33-30-28-26-24-22-20-14-12-10-8-6-4-2;6*1-2-3-4-5-6-7-8-9-10(11)12/h3-30H2,1-2H3;6*2-9H2,1H3,(H,11,12). The fraction of sp³-hybridized carbons (Fsp3) is 0.923. The Morgan fingerprint density at radius 2 is 0.257 bits per heavy atom. The maximum atomic E-state index is 11.8. The Morgan fingerprint density at radius 1 is 0.152 bits per heavy atom.